The fraction of sp³-hybridized carbons (Fsp3) is 0.917. The normalized spacial score (nSPS) is 35.9. The summed E-state index contributed by atoms with van der Waals surface area (Å²) in [7, 11) is 0. The second-order valence-corrected chi connectivity index (χ2v) is 6.45. The standard InChI is InChI=1S/C12H20N2O/c1-11(2)5-9(11)10(15)14-6-12(13,7-14)8-3-4-8/h8-9H,3-7,13H2,1-2H3. The molecule has 2 aliphatic carbocycles. The molecule has 1 unspecified atom stereocenters. The average Bonchev–Trinajstić information content (AvgIpc) is 2.94. The molecular formula is C12H20N2O. The third-order valence-corrected chi connectivity index (χ3v) is 4.48. The maximum atomic E-state index is 12.0. The van der Waals surface area contributed by atoms with E-state index in [2.05, 4.69) is 13.8 Å². The van der Waals surface area contributed by atoms with Crippen molar-refractivity contribution in [1.29, 1.82) is 0 Å². The van der Waals surface area contributed by atoms with Crippen LogP contribution in [0.1, 0.15) is 33.1 Å². The molecule has 1 heterocycles. The summed E-state index contributed by atoms with van der Waals surface area (Å²) in [5, 5.41) is 0. The van der Waals surface area contributed by atoms with E-state index in [9.17, 15) is 4.79 Å². The second-order valence-electron chi connectivity index (χ2n) is 6.45. The van der Waals surface area contributed by atoms with Crippen molar-refractivity contribution >= 4 is 5.91 Å². The van der Waals surface area contributed by atoms with Crippen LogP contribution in [-0.2, 0) is 4.79 Å². The summed E-state index contributed by atoms with van der Waals surface area (Å²) in [5.41, 5.74) is 6.46. The minimum atomic E-state index is -0.0192. The van der Waals surface area contributed by atoms with Crippen LogP contribution in [0.25, 0.3) is 0 Å². The van der Waals surface area contributed by atoms with E-state index in [1.165, 1.54) is 12.8 Å². The van der Waals surface area contributed by atoms with E-state index >= 15 is 0 Å². The van der Waals surface area contributed by atoms with Crippen LogP contribution in [0.4, 0.5) is 0 Å². The number of carbonyl (C=O) groups is 1. The summed E-state index contributed by atoms with van der Waals surface area (Å²) < 4.78 is 0. The number of hydrogen-bond donors (Lipinski definition) is 1. The fourth-order valence-electron chi connectivity index (χ4n) is 2.85. The fourth-order valence-corrected chi connectivity index (χ4v) is 2.85. The summed E-state index contributed by atoms with van der Waals surface area (Å²) in [6.07, 6.45) is 3.60. The highest BCUT2D eigenvalue weighted by Crippen LogP contribution is 2.53. The molecular weight excluding hydrogens is 188 g/mol. The van der Waals surface area contributed by atoms with Gasteiger partial charge in [0.05, 0.1) is 5.54 Å². The molecule has 2 saturated carbocycles. The first kappa shape index (κ1) is 9.64. The molecule has 2 N–H and O–H groups in total. The Kier molecular flexibility index (Phi) is 1.65. The molecule has 15 heavy (non-hydrogen) atoms. The molecule has 0 bridgehead atoms. The van der Waals surface area contributed by atoms with Crippen molar-refractivity contribution in [3.63, 3.8) is 0 Å². The average molecular weight is 208 g/mol. The molecule has 3 rings (SSSR count). The Labute approximate surface area is 91.0 Å². The molecule has 1 atom stereocenters. The van der Waals surface area contributed by atoms with E-state index in [4.69, 9.17) is 5.73 Å². The first-order chi connectivity index (χ1) is 6.92. The Morgan fingerprint density at radius 1 is 1.33 bits per heavy atom. The van der Waals surface area contributed by atoms with Crippen molar-refractivity contribution < 1.29 is 4.79 Å². The van der Waals surface area contributed by atoms with Gasteiger partial charge in [0.25, 0.3) is 0 Å². The van der Waals surface area contributed by atoms with Crippen molar-refractivity contribution in [2.24, 2.45) is 23.0 Å². The minimum absolute atomic E-state index is 0.0192. The Balaban J connectivity index is 1.57. The molecule has 0 aromatic rings. The molecule has 1 aliphatic heterocycles. The molecule has 3 nitrogen and oxygen atoms in total. The van der Waals surface area contributed by atoms with Crippen molar-refractivity contribution in [2.45, 2.75) is 38.6 Å². The lowest BCUT2D eigenvalue weighted by molar-refractivity contribution is -0.141. The SMILES string of the molecule is CC1(C)CC1C(=O)N1CC(N)(C2CC2)C1. The Morgan fingerprint density at radius 2 is 1.87 bits per heavy atom. The highest BCUT2D eigenvalue weighted by atomic mass is 16.2. The zero-order valence-corrected chi connectivity index (χ0v) is 9.62. The van der Waals surface area contributed by atoms with Crippen molar-refractivity contribution in [1.82, 2.24) is 4.90 Å². The molecule has 1 saturated heterocycles. The lowest BCUT2D eigenvalue weighted by Gasteiger charge is -2.48. The highest BCUT2D eigenvalue weighted by Gasteiger charge is 2.57. The number of amides is 1. The molecule has 3 aliphatic rings. The summed E-state index contributed by atoms with van der Waals surface area (Å²) in [6.45, 7) is 5.96. The zero-order valence-electron chi connectivity index (χ0n) is 9.62. The van der Waals surface area contributed by atoms with Gasteiger partial charge in [-0.2, -0.15) is 0 Å². The van der Waals surface area contributed by atoms with Gasteiger partial charge in [-0.3, -0.25) is 4.79 Å². The van der Waals surface area contributed by atoms with Crippen LogP contribution in [-0.4, -0.2) is 29.4 Å². The molecule has 84 valence electrons. The van der Waals surface area contributed by atoms with Crippen molar-refractivity contribution in [3.05, 3.63) is 0 Å². The van der Waals surface area contributed by atoms with Gasteiger partial charge in [0.1, 0.15) is 0 Å². The largest absolute Gasteiger partial charge is 0.339 e. The first-order valence-corrected chi connectivity index (χ1v) is 6.00. The number of hydrogen-bond acceptors (Lipinski definition) is 2. The predicted molar refractivity (Wildman–Crippen MR) is 58.1 cm³/mol. The van der Waals surface area contributed by atoms with E-state index in [0.717, 1.165) is 19.5 Å². The molecule has 3 heteroatoms. The number of nitrogens with two attached hydrogens (primary N) is 1. The highest BCUT2D eigenvalue weighted by molar-refractivity contribution is 5.83. The van der Waals surface area contributed by atoms with E-state index in [1.54, 1.807) is 0 Å². The second kappa shape index (κ2) is 2.57. The predicted octanol–water partition coefficient (Wildman–Crippen LogP) is 0.982. The van der Waals surface area contributed by atoms with Gasteiger partial charge >= 0.3 is 0 Å². The maximum absolute atomic E-state index is 12.0. The number of likely N-dealkylation sites (tertiary alicyclic amines) is 1. The van der Waals surface area contributed by atoms with E-state index in [-0.39, 0.29) is 16.9 Å². The zero-order chi connectivity index (χ0) is 10.8. The summed E-state index contributed by atoms with van der Waals surface area (Å²) in [6, 6.07) is 0. The van der Waals surface area contributed by atoms with Crippen LogP contribution in [0.2, 0.25) is 0 Å². The molecule has 0 spiro atoms. The third-order valence-electron chi connectivity index (χ3n) is 4.48. The van der Waals surface area contributed by atoms with E-state index < -0.39 is 0 Å². The van der Waals surface area contributed by atoms with Crippen LogP contribution in [0.5, 0.6) is 0 Å². The minimum Gasteiger partial charge on any atom is -0.339 e. The molecule has 0 radical (unpaired) electrons. The first-order valence-electron chi connectivity index (χ1n) is 6.00. The van der Waals surface area contributed by atoms with Crippen LogP contribution < -0.4 is 5.73 Å². The lowest BCUT2D eigenvalue weighted by Crippen LogP contribution is -2.70. The molecule has 3 fully saturated rings. The summed E-state index contributed by atoms with van der Waals surface area (Å²) >= 11 is 0. The van der Waals surface area contributed by atoms with Crippen molar-refractivity contribution in [2.75, 3.05) is 13.1 Å². The number of rotatable bonds is 2. The van der Waals surface area contributed by atoms with Crippen LogP contribution >= 0.6 is 0 Å². The monoisotopic (exact) mass is 208 g/mol. The van der Waals surface area contributed by atoms with Crippen LogP contribution in [0.3, 0.4) is 0 Å². The van der Waals surface area contributed by atoms with Crippen LogP contribution in [0, 0.1) is 17.3 Å². The Bertz CT molecular complexity index is 314. The third kappa shape index (κ3) is 1.40. The van der Waals surface area contributed by atoms with Crippen molar-refractivity contribution in [3.8, 4) is 0 Å². The maximum Gasteiger partial charge on any atom is 0.226 e. The van der Waals surface area contributed by atoms with E-state index in [1.807, 2.05) is 4.90 Å². The van der Waals surface area contributed by atoms with Gasteiger partial charge in [0.2, 0.25) is 5.91 Å². The topological polar surface area (TPSA) is 46.3 Å². The quantitative estimate of drug-likeness (QED) is 0.735. The summed E-state index contributed by atoms with van der Waals surface area (Å²) in [4.78, 5) is 14.0. The van der Waals surface area contributed by atoms with Gasteiger partial charge in [-0.05, 0) is 30.6 Å². The van der Waals surface area contributed by atoms with E-state index in [0.29, 0.717) is 11.8 Å². The Morgan fingerprint density at radius 3 is 2.27 bits per heavy atom. The van der Waals surface area contributed by atoms with Gasteiger partial charge in [-0.15, -0.1) is 0 Å². The van der Waals surface area contributed by atoms with Gasteiger partial charge in [0, 0.05) is 19.0 Å². The smallest absolute Gasteiger partial charge is 0.226 e. The molecule has 1 amide bonds. The number of nitrogens with zero attached hydrogens (tertiary/aromatic N) is 1. The van der Waals surface area contributed by atoms with Gasteiger partial charge < -0.3 is 10.6 Å². The van der Waals surface area contributed by atoms with Crippen LogP contribution in [0.15, 0.2) is 0 Å². The Hall–Kier alpha value is -0.570. The lowest BCUT2D eigenvalue weighted by atomic mass is 9.85. The van der Waals surface area contributed by atoms with Gasteiger partial charge in [-0.1, -0.05) is 13.8 Å². The summed E-state index contributed by atoms with van der Waals surface area (Å²) in [5.74, 6) is 1.33. The number of carbonyl (C=O) groups excluding carboxylic acids is 1. The van der Waals surface area contributed by atoms with Gasteiger partial charge in [0.15, 0.2) is 0 Å². The van der Waals surface area contributed by atoms with Gasteiger partial charge in [-0.25, -0.2) is 0 Å². The molecule has 0 aromatic heterocycles. The molecule has 0 aromatic carbocycles.